The van der Waals surface area contributed by atoms with E-state index in [1.165, 1.54) is 16.7 Å². The SMILES string of the molecule is CCCc1ccc(OC)c(CN[C@H]2[C@H]3CCN([C@@H]2C(c2ccccc2)c2ccccc2)[C@H](C(=O)O)C3)c1. The van der Waals surface area contributed by atoms with E-state index in [4.69, 9.17) is 4.74 Å². The second-order valence-electron chi connectivity index (χ2n) is 10.5. The van der Waals surface area contributed by atoms with Crippen LogP contribution in [0.4, 0.5) is 0 Å². The van der Waals surface area contributed by atoms with Gasteiger partial charge in [-0.2, -0.15) is 0 Å². The molecule has 3 aromatic carbocycles. The summed E-state index contributed by atoms with van der Waals surface area (Å²) >= 11 is 0. The minimum atomic E-state index is -0.707. The first-order valence-electron chi connectivity index (χ1n) is 13.6. The molecule has 1 unspecified atom stereocenters. The Morgan fingerprint density at radius 2 is 1.73 bits per heavy atom. The van der Waals surface area contributed by atoms with Crippen molar-refractivity contribution in [2.45, 2.75) is 63.2 Å². The summed E-state index contributed by atoms with van der Waals surface area (Å²) < 4.78 is 5.71. The Labute approximate surface area is 220 Å². The summed E-state index contributed by atoms with van der Waals surface area (Å²) in [6.45, 7) is 3.71. The number of carboxylic acid groups (broad SMARTS) is 1. The third-order valence-electron chi connectivity index (χ3n) is 8.30. The van der Waals surface area contributed by atoms with Crippen molar-refractivity contribution >= 4 is 5.97 Å². The maximum atomic E-state index is 12.4. The Hall–Kier alpha value is -3.15. The van der Waals surface area contributed by atoms with Crippen molar-refractivity contribution in [2.75, 3.05) is 13.7 Å². The first-order chi connectivity index (χ1) is 18.1. The van der Waals surface area contributed by atoms with Crippen LogP contribution in [0.15, 0.2) is 78.9 Å². The molecule has 3 aromatic rings. The summed E-state index contributed by atoms with van der Waals surface area (Å²) in [4.78, 5) is 14.6. The maximum absolute atomic E-state index is 12.4. The number of fused-ring (bicyclic) bond motifs is 3. The van der Waals surface area contributed by atoms with Gasteiger partial charge in [0, 0.05) is 30.1 Å². The number of benzene rings is 3. The van der Waals surface area contributed by atoms with Crippen LogP contribution in [0.1, 0.15) is 54.4 Å². The third-order valence-corrected chi connectivity index (χ3v) is 8.30. The zero-order valence-corrected chi connectivity index (χ0v) is 21.8. The van der Waals surface area contributed by atoms with E-state index in [0.717, 1.165) is 37.1 Å². The van der Waals surface area contributed by atoms with Crippen LogP contribution in [0.5, 0.6) is 5.75 Å². The van der Waals surface area contributed by atoms with Crippen molar-refractivity contribution in [3.63, 3.8) is 0 Å². The minimum absolute atomic E-state index is 0.0308. The van der Waals surface area contributed by atoms with Gasteiger partial charge in [-0.1, -0.05) is 86.1 Å². The van der Waals surface area contributed by atoms with Gasteiger partial charge in [0.25, 0.3) is 0 Å². The number of rotatable bonds is 10. The number of nitrogens with zero attached hydrogens (tertiary/aromatic N) is 1. The van der Waals surface area contributed by atoms with E-state index in [1.54, 1.807) is 7.11 Å². The topological polar surface area (TPSA) is 61.8 Å². The fourth-order valence-corrected chi connectivity index (χ4v) is 6.66. The average molecular weight is 499 g/mol. The Kier molecular flexibility index (Phi) is 7.92. The number of aliphatic carboxylic acids is 1. The fourth-order valence-electron chi connectivity index (χ4n) is 6.66. The van der Waals surface area contributed by atoms with Crippen LogP contribution in [-0.4, -0.2) is 47.8 Å². The van der Waals surface area contributed by atoms with E-state index in [-0.39, 0.29) is 18.0 Å². The number of hydrogen-bond acceptors (Lipinski definition) is 4. The molecule has 0 aromatic heterocycles. The van der Waals surface area contributed by atoms with Gasteiger partial charge in [-0.05, 0) is 54.5 Å². The molecule has 37 heavy (non-hydrogen) atoms. The Morgan fingerprint density at radius 3 is 2.32 bits per heavy atom. The van der Waals surface area contributed by atoms with Crippen LogP contribution < -0.4 is 10.1 Å². The summed E-state index contributed by atoms with van der Waals surface area (Å²) in [5.74, 6) is 0.562. The molecule has 5 heteroatoms. The van der Waals surface area contributed by atoms with Crippen molar-refractivity contribution in [2.24, 2.45) is 5.92 Å². The van der Waals surface area contributed by atoms with Crippen molar-refractivity contribution in [1.82, 2.24) is 10.2 Å². The number of hydrogen-bond donors (Lipinski definition) is 2. The lowest BCUT2D eigenvalue weighted by Crippen LogP contribution is -2.69. The van der Waals surface area contributed by atoms with Gasteiger partial charge in [-0.15, -0.1) is 0 Å². The molecule has 5 atom stereocenters. The van der Waals surface area contributed by atoms with Crippen LogP contribution >= 0.6 is 0 Å². The first kappa shape index (κ1) is 25.5. The van der Waals surface area contributed by atoms with Crippen LogP contribution in [0.3, 0.4) is 0 Å². The van der Waals surface area contributed by atoms with E-state index in [2.05, 4.69) is 83.9 Å². The molecule has 6 rings (SSSR count). The van der Waals surface area contributed by atoms with Gasteiger partial charge in [-0.25, -0.2) is 0 Å². The second-order valence-corrected chi connectivity index (χ2v) is 10.5. The summed E-state index contributed by atoms with van der Waals surface area (Å²) in [5, 5.41) is 14.1. The lowest BCUT2D eigenvalue weighted by atomic mass is 9.68. The lowest BCUT2D eigenvalue weighted by molar-refractivity contribution is -0.152. The van der Waals surface area contributed by atoms with Gasteiger partial charge < -0.3 is 15.2 Å². The Bertz CT molecular complexity index is 1140. The van der Waals surface area contributed by atoms with E-state index in [9.17, 15) is 9.90 Å². The molecule has 2 bridgehead atoms. The van der Waals surface area contributed by atoms with E-state index < -0.39 is 12.0 Å². The maximum Gasteiger partial charge on any atom is 0.320 e. The largest absolute Gasteiger partial charge is 0.496 e. The molecule has 0 aliphatic carbocycles. The third kappa shape index (κ3) is 5.29. The number of piperidine rings is 3. The number of methoxy groups -OCH3 is 1. The molecule has 3 fully saturated rings. The first-order valence-corrected chi connectivity index (χ1v) is 13.6. The van der Waals surface area contributed by atoms with Crippen molar-refractivity contribution in [3.05, 3.63) is 101 Å². The van der Waals surface area contributed by atoms with E-state index in [1.807, 2.05) is 12.1 Å². The second kappa shape index (κ2) is 11.5. The molecule has 2 N–H and O–H groups in total. The zero-order chi connectivity index (χ0) is 25.8. The minimum Gasteiger partial charge on any atom is -0.496 e. The molecular weight excluding hydrogens is 460 g/mol. The van der Waals surface area contributed by atoms with Crippen molar-refractivity contribution < 1.29 is 14.6 Å². The van der Waals surface area contributed by atoms with Crippen LogP contribution in [0.25, 0.3) is 0 Å². The van der Waals surface area contributed by atoms with Crippen LogP contribution in [0, 0.1) is 5.92 Å². The highest BCUT2D eigenvalue weighted by Gasteiger charge is 2.52. The van der Waals surface area contributed by atoms with Crippen LogP contribution in [0.2, 0.25) is 0 Å². The van der Waals surface area contributed by atoms with Gasteiger partial charge in [0.1, 0.15) is 11.8 Å². The standard InChI is InChI=1S/C32H38N2O3/c1-3-10-22-15-16-28(37-2)26(19-22)21-33-30-25-17-18-34(27(20-25)32(35)36)31(30)29(23-11-6-4-7-12-23)24-13-8-5-9-14-24/h4-9,11-16,19,25,27,29-31,33H,3,10,17-18,20-21H2,1-2H3,(H,35,36)/t25-,27-,30-,31+/m0/s1. The summed E-state index contributed by atoms with van der Waals surface area (Å²) in [6.07, 6.45) is 3.85. The number of ether oxygens (including phenoxy) is 1. The fraction of sp³-hybridized carbons (Fsp3) is 0.406. The molecule has 3 aliphatic rings. The molecule has 5 nitrogen and oxygen atoms in total. The molecule has 0 saturated carbocycles. The number of carboxylic acids is 1. The molecule has 3 heterocycles. The van der Waals surface area contributed by atoms with Gasteiger partial charge >= 0.3 is 5.97 Å². The molecule has 0 spiro atoms. The van der Waals surface area contributed by atoms with Crippen molar-refractivity contribution in [1.29, 1.82) is 0 Å². The van der Waals surface area contributed by atoms with Gasteiger partial charge in [0.15, 0.2) is 0 Å². The molecular formula is C32H38N2O3. The lowest BCUT2D eigenvalue weighted by Gasteiger charge is -2.56. The van der Waals surface area contributed by atoms with Crippen LogP contribution in [-0.2, 0) is 17.8 Å². The van der Waals surface area contributed by atoms with Gasteiger partial charge in [-0.3, -0.25) is 9.69 Å². The molecule has 0 radical (unpaired) electrons. The predicted molar refractivity (Wildman–Crippen MR) is 147 cm³/mol. The molecule has 194 valence electrons. The molecule has 3 aliphatic heterocycles. The van der Waals surface area contributed by atoms with E-state index in [0.29, 0.717) is 18.9 Å². The summed E-state index contributed by atoms with van der Waals surface area (Å²) in [6, 6.07) is 27.4. The van der Waals surface area contributed by atoms with E-state index >= 15 is 0 Å². The zero-order valence-electron chi connectivity index (χ0n) is 21.8. The smallest absolute Gasteiger partial charge is 0.320 e. The molecule has 3 saturated heterocycles. The highest BCUT2D eigenvalue weighted by Crippen LogP contribution is 2.44. The van der Waals surface area contributed by atoms with Gasteiger partial charge in [0.05, 0.1) is 7.11 Å². The number of carbonyl (C=O) groups is 1. The normalized spacial score (nSPS) is 24.8. The summed E-state index contributed by atoms with van der Waals surface area (Å²) in [7, 11) is 1.73. The quantitative estimate of drug-likeness (QED) is 0.387. The Morgan fingerprint density at radius 1 is 1.05 bits per heavy atom. The summed E-state index contributed by atoms with van der Waals surface area (Å²) in [5.41, 5.74) is 4.94. The highest BCUT2D eigenvalue weighted by molar-refractivity contribution is 5.74. The number of aryl methyl sites for hydroxylation is 1. The number of nitrogens with one attached hydrogen (secondary N) is 1. The Balaban J connectivity index is 1.53. The molecule has 0 amide bonds. The van der Waals surface area contributed by atoms with Crippen molar-refractivity contribution in [3.8, 4) is 5.75 Å². The monoisotopic (exact) mass is 498 g/mol. The predicted octanol–water partition coefficient (Wildman–Crippen LogP) is 5.49. The highest BCUT2D eigenvalue weighted by atomic mass is 16.5. The average Bonchev–Trinajstić information content (AvgIpc) is 2.94. The van der Waals surface area contributed by atoms with Gasteiger partial charge in [0.2, 0.25) is 0 Å².